The molecule has 4 atom stereocenters. The minimum atomic E-state index is -1.15. The highest BCUT2D eigenvalue weighted by Crippen LogP contribution is 2.36. The van der Waals surface area contributed by atoms with E-state index in [9.17, 15) is 23.2 Å². The molecule has 3 N–H and O–H groups in total. The largest absolute Gasteiger partial charge is 0.342 e. The van der Waals surface area contributed by atoms with E-state index in [1.165, 1.54) is 11.0 Å². The zero-order valence-electron chi connectivity index (χ0n) is 21.4. The molecular formula is C29H30F2N4O3. The van der Waals surface area contributed by atoms with Gasteiger partial charge in [0.25, 0.3) is 5.91 Å². The van der Waals surface area contributed by atoms with Gasteiger partial charge in [0.1, 0.15) is 29.4 Å². The van der Waals surface area contributed by atoms with E-state index in [0.29, 0.717) is 5.56 Å². The van der Waals surface area contributed by atoms with Crippen molar-refractivity contribution < 1.29 is 23.2 Å². The number of anilines is 1. The van der Waals surface area contributed by atoms with Crippen molar-refractivity contribution in [3.8, 4) is 0 Å². The van der Waals surface area contributed by atoms with Crippen molar-refractivity contribution in [2.24, 2.45) is 0 Å². The molecule has 7 nitrogen and oxygen atoms in total. The van der Waals surface area contributed by atoms with Crippen molar-refractivity contribution >= 4 is 23.4 Å². The van der Waals surface area contributed by atoms with Crippen molar-refractivity contribution in [2.45, 2.75) is 44.4 Å². The standard InChI is InChI=1S/C29H30F2N4O3/c1-17(19-10-5-4-6-11-19)24(33-27(36)18(2)32-3)29(38)35-16-20-12-7-8-13-21(20)26(35)28(37)34-25-22(30)14-9-15-23(25)31/h4-15,17-18,24,26,32H,16H2,1-3H3,(H,33,36)(H,34,37)/t17-,18-,24-,26-/m0/s1. The Bertz CT molecular complexity index is 1310. The van der Waals surface area contributed by atoms with E-state index in [-0.39, 0.29) is 12.5 Å². The molecule has 4 rings (SSSR count). The van der Waals surface area contributed by atoms with Crippen LogP contribution in [0.3, 0.4) is 0 Å². The van der Waals surface area contributed by atoms with Crippen molar-refractivity contribution in [3.63, 3.8) is 0 Å². The Labute approximate surface area is 220 Å². The van der Waals surface area contributed by atoms with Crippen molar-refractivity contribution in [2.75, 3.05) is 12.4 Å². The lowest BCUT2D eigenvalue weighted by Gasteiger charge is -2.32. The van der Waals surface area contributed by atoms with Crippen LogP contribution in [0.25, 0.3) is 0 Å². The smallest absolute Gasteiger partial charge is 0.252 e. The maximum atomic E-state index is 14.3. The van der Waals surface area contributed by atoms with E-state index in [2.05, 4.69) is 16.0 Å². The summed E-state index contributed by atoms with van der Waals surface area (Å²) in [6.07, 6.45) is 0. The summed E-state index contributed by atoms with van der Waals surface area (Å²) in [5, 5.41) is 8.05. The summed E-state index contributed by atoms with van der Waals surface area (Å²) in [6, 6.07) is 16.9. The molecule has 3 aromatic rings. The van der Waals surface area contributed by atoms with Crippen LogP contribution in [0.2, 0.25) is 0 Å². The van der Waals surface area contributed by atoms with Gasteiger partial charge in [-0.1, -0.05) is 67.6 Å². The third-order valence-corrected chi connectivity index (χ3v) is 6.96. The Balaban J connectivity index is 1.71. The fourth-order valence-electron chi connectivity index (χ4n) is 4.62. The quantitative estimate of drug-likeness (QED) is 0.421. The zero-order valence-corrected chi connectivity index (χ0v) is 21.4. The van der Waals surface area contributed by atoms with Crippen LogP contribution in [0, 0.1) is 11.6 Å². The molecule has 0 aliphatic carbocycles. The summed E-state index contributed by atoms with van der Waals surface area (Å²) >= 11 is 0. The van der Waals surface area contributed by atoms with Crippen LogP contribution in [0.4, 0.5) is 14.5 Å². The number of halogens is 2. The van der Waals surface area contributed by atoms with Gasteiger partial charge >= 0.3 is 0 Å². The summed E-state index contributed by atoms with van der Waals surface area (Å²) in [5.41, 5.74) is 1.53. The van der Waals surface area contributed by atoms with Gasteiger partial charge in [-0.15, -0.1) is 0 Å². The van der Waals surface area contributed by atoms with Gasteiger partial charge in [0.15, 0.2) is 0 Å². The summed E-state index contributed by atoms with van der Waals surface area (Å²) in [4.78, 5) is 41.9. The number of amides is 3. The predicted octanol–water partition coefficient (Wildman–Crippen LogP) is 3.88. The number of carbonyl (C=O) groups excluding carboxylic acids is 3. The Morgan fingerprint density at radius 1 is 0.895 bits per heavy atom. The van der Waals surface area contributed by atoms with Crippen LogP contribution in [-0.2, 0) is 20.9 Å². The molecule has 9 heteroatoms. The summed E-state index contributed by atoms with van der Waals surface area (Å²) in [5.74, 6) is -3.90. The number of hydrogen-bond acceptors (Lipinski definition) is 4. The first-order chi connectivity index (χ1) is 18.2. The molecule has 1 aliphatic heterocycles. The molecule has 198 valence electrons. The van der Waals surface area contributed by atoms with Crippen LogP contribution >= 0.6 is 0 Å². The molecular weight excluding hydrogens is 490 g/mol. The van der Waals surface area contributed by atoms with Crippen molar-refractivity contribution in [1.82, 2.24) is 15.5 Å². The van der Waals surface area contributed by atoms with E-state index in [1.807, 2.05) is 37.3 Å². The molecule has 0 fully saturated rings. The van der Waals surface area contributed by atoms with Crippen LogP contribution in [-0.4, -0.2) is 41.8 Å². The number of para-hydroxylation sites is 1. The van der Waals surface area contributed by atoms with Gasteiger partial charge in [-0.3, -0.25) is 14.4 Å². The van der Waals surface area contributed by atoms with E-state index in [0.717, 1.165) is 23.3 Å². The number of fused-ring (bicyclic) bond motifs is 1. The molecule has 0 bridgehead atoms. The molecule has 1 heterocycles. The molecule has 0 aromatic heterocycles. The van der Waals surface area contributed by atoms with E-state index < -0.39 is 53.2 Å². The second-order valence-corrected chi connectivity index (χ2v) is 9.35. The second kappa shape index (κ2) is 11.5. The highest BCUT2D eigenvalue weighted by molar-refractivity contribution is 6.00. The Morgan fingerprint density at radius 2 is 1.53 bits per heavy atom. The number of nitrogens with one attached hydrogen (secondary N) is 3. The van der Waals surface area contributed by atoms with Crippen molar-refractivity contribution in [3.05, 3.63) is 101 Å². The minimum Gasteiger partial charge on any atom is -0.342 e. The summed E-state index contributed by atoms with van der Waals surface area (Å²) < 4.78 is 28.7. The third-order valence-electron chi connectivity index (χ3n) is 6.96. The first kappa shape index (κ1) is 26.9. The monoisotopic (exact) mass is 520 g/mol. The molecule has 1 aliphatic rings. The Hall–Kier alpha value is -4.11. The number of hydrogen-bond donors (Lipinski definition) is 3. The maximum absolute atomic E-state index is 14.3. The van der Waals surface area contributed by atoms with E-state index >= 15 is 0 Å². The Morgan fingerprint density at radius 3 is 2.18 bits per heavy atom. The highest BCUT2D eigenvalue weighted by Gasteiger charge is 2.43. The first-order valence-corrected chi connectivity index (χ1v) is 12.4. The van der Waals surface area contributed by atoms with E-state index in [4.69, 9.17) is 0 Å². The fraction of sp³-hybridized carbons (Fsp3) is 0.276. The fourth-order valence-corrected chi connectivity index (χ4v) is 4.62. The molecule has 0 spiro atoms. The van der Waals surface area contributed by atoms with Crippen LogP contribution in [0.1, 0.15) is 42.5 Å². The predicted molar refractivity (Wildman–Crippen MR) is 140 cm³/mol. The van der Waals surface area contributed by atoms with E-state index in [1.54, 1.807) is 38.2 Å². The number of benzene rings is 3. The van der Waals surface area contributed by atoms with Gasteiger partial charge < -0.3 is 20.9 Å². The van der Waals surface area contributed by atoms with Gasteiger partial charge in [-0.2, -0.15) is 0 Å². The van der Waals surface area contributed by atoms with Crippen molar-refractivity contribution in [1.29, 1.82) is 0 Å². The van der Waals surface area contributed by atoms with Crippen LogP contribution in [0.5, 0.6) is 0 Å². The molecule has 3 aromatic carbocycles. The maximum Gasteiger partial charge on any atom is 0.252 e. The van der Waals surface area contributed by atoms with Crippen LogP contribution in [0.15, 0.2) is 72.8 Å². The number of rotatable bonds is 8. The lowest BCUT2D eigenvalue weighted by atomic mass is 9.91. The number of likely N-dealkylation sites (N-methyl/N-ethyl adjacent to an activating group) is 1. The van der Waals surface area contributed by atoms with Crippen LogP contribution < -0.4 is 16.0 Å². The van der Waals surface area contributed by atoms with Gasteiger partial charge in [0, 0.05) is 12.5 Å². The molecule has 0 saturated carbocycles. The summed E-state index contributed by atoms with van der Waals surface area (Å²) in [6.45, 7) is 3.60. The highest BCUT2D eigenvalue weighted by atomic mass is 19.1. The number of carbonyl (C=O) groups is 3. The average Bonchev–Trinajstić information content (AvgIpc) is 3.32. The lowest BCUT2D eigenvalue weighted by molar-refractivity contribution is -0.142. The zero-order chi connectivity index (χ0) is 27.4. The first-order valence-electron chi connectivity index (χ1n) is 12.4. The lowest BCUT2D eigenvalue weighted by Crippen LogP contribution is -2.54. The second-order valence-electron chi connectivity index (χ2n) is 9.35. The topological polar surface area (TPSA) is 90.5 Å². The summed E-state index contributed by atoms with van der Waals surface area (Å²) in [7, 11) is 1.64. The van der Waals surface area contributed by atoms with Gasteiger partial charge in [0.2, 0.25) is 11.8 Å². The molecule has 0 saturated heterocycles. The average molecular weight is 521 g/mol. The number of nitrogens with zero attached hydrogens (tertiary/aromatic N) is 1. The van der Waals surface area contributed by atoms with Gasteiger partial charge in [0.05, 0.1) is 6.04 Å². The minimum absolute atomic E-state index is 0.0995. The Kier molecular flexibility index (Phi) is 8.16. The van der Waals surface area contributed by atoms with Gasteiger partial charge in [-0.25, -0.2) is 8.78 Å². The molecule has 0 unspecified atom stereocenters. The molecule has 3 amide bonds. The third kappa shape index (κ3) is 5.43. The van der Waals surface area contributed by atoms with Gasteiger partial charge in [-0.05, 0) is 42.8 Å². The molecule has 38 heavy (non-hydrogen) atoms. The SMILES string of the molecule is CN[C@@H](C)C(=O)N[C@H](C(=O)N1Cc2ccccc2[C@H]1C(=O)Nc1c(F)cccc1F)[C@@H](C)c1ccccc1. The molecule has 0 radical (unpaired) electrons. The normalized spacial score (nSPS) is 16.8.